The number of hydrogen-bond donors (Lipinski definition) is 0. The van der Waals surface area contributed by atoms with Gasteiger partial charge in [-0.3, -0.25) is 0 Å². The summed E-state index contributed by atoms with van der Waals surface area (Å²) in [6.07, 6.45) is 1.16. The highest BCUT2D eigenvalue weighted by atomic mass is 32.2. The molecule has 0 aliphatic carbocycles. The van der Waals surface area contributed by atoms with Crippen LogP contribution in [0.4, 0.5) is 0 Å². The summed E-state index contributed by atoms with van der Waals surface area (Å²) in [4.78, 5) is 2.00. The van der Waals surface area contributed by atoms with Crippen molar-refractivity contribution in [3.63, 3.8) is 0 Å². The summed E-state index contributed by atoms with van der Waals surface area (Å²) in [5.74, 6) is 2.13. The maximum atomic E-state index is 9.34. The third-order valence-electron chi connectivity index (χ3n) is 3.34. The van der Waals surface area contributed by atoms with Crippen LogP contribution in [0.15, 0.2) is 59.5 Å². The Balaban J connectivity index is 1.94. The van der Waals surface area contributed by atoms with E-state index in [1.165, 1.54) is 11.1 Å². The van der Waals surface area contributed by atoms with Crippen molar-refractivity contribution in [1.82, 2.24) is 0 Å². The molecule has 1 aliphatic heterocycles. The lowest BCUT2D eigenvalue weighted by molar-refractivity contribution is 1.13. The molecule has 0 saturated carbocycles. The van der Waals surface area contributed by atoms with E-state index in [1.807, 2.05) is 17.8 Å². The fourth-order valence-electron chi connectivity index (χ4n) is 2.28. The summed E-state index contributed by atoms with van der Waals surface area (Å²) in [5, 5.41) is 9.34. The molecule has 3 heteroatoms. The van der Waals surface area contributed by atoms with E-state index < -0.39 is 0 Å². The lowest BCUT2D eigenvalue weighted by Gasteiger charge is -2.08. The molecule has 0 atom stereocenters. The van der Waals surface area contributed by atoms with Gasteiger partial charge in [0.1, 0.15) is 6.07 Å². The molecule has 0 amide bonds. The van der Waals surface area contributed by atoms with Crippen LogP contribution in [-0.4, -0.2) is 11.5 Å². The van der Waals surface area contributed by atoms with Crippen LogP contribution in [-0.2, 0) is 0 Å². The van der Waals surface area contributed by atoms with Gasteiger partial charge in [-0.2, -0.15) is 5.26 Å². The minimum absolute atomic E-state index is 0.866. The van der Waals surface area contributed by atoms with Crippen LogP contribution in [0.25, 0.3) is 16.0 Å². The van der Waals surface area contributed by atoms with Crippen LogP contribution in [0.1, 0.15) is 12.0 Å². The van der Waals surface area contributed by atoms with Gasteiger partial charge in [0.25, 0.3) is 0 Å². The third kappa shape index (κ3) is 3.34. The first kappa shape index (κ1) is 14.3. The minimum Gasteiger partial charge on any atom is -0.192 e. The number of nitriles is 1. The summed E-state index contributed by atoms with van der Waals surface area (Å²) >= 11 is 3.49. The van der Waals surface area contributed by atoms with Crippen LogP contribution in [0.2, 0.25) is 0 Å². The second kappa shape index (κ2) is 6.89. The van der Waals surface area contributed by atoms with Crippen molar-refractivity contribution in [2.45, 2.75) is 6.42 Å². The van der Waals surface area contributed by atoms with Gasteiger partial charge in [0, 0.05) is 4.91 Å². The predicted octanol–water partition coefficient (Wildman–Crippen LogP) is 5.42. The molecule has 21 heavy (non-hydrogen) atoms. The average Bonchev–Trinajstić information content (AvgIpc) is 2.81. The molecular weight excluding hydrogens is 294 g/mol. The zero-order valence-corrected chi connectivity index (χ0v) is 13.2. The molecule has 0 spiro atoms. The summed E-state index contributed by atoms with van der Waals surface area (Å²) in [6.45, 7) is 0. The molecule has 0 bridgehead atoms. The molecule has 1 nitrogen and oxygen atoms in total. The monoisotopic (exact) mass is 309 g/mol. The Hall–Kier alpha value is -1.63. The maximum Gasteiger partial charge on any atom is 0.107 e. The number of rotatable bonds is 2. The first-order valence-electron chi connectivity index (χ1n) is 6.94. The van der Waals surface area contributed by atoms with Crippen LogP contribution >= 0.6 is 23.5 Å². The zero-order valence-electron chi connectivity index (χ0n) is 11.6. The predicted molar refractivity (Wildman–Crippen MR) is 93.9 cm³/mol. The van der Waals surface area contributed by atoms with Crippen LogP contribution < -0.4 is 0 Å². The van der Waals surface area contributed by atoms with Gasteiger partial charge in [-0.1, -0.05) is 54.6 Å². The van der Waals surface area contributed by atoms with Gasteiger partial charge in [0.2, 0.25) is 0 Å². The van der Waals surface area contributed by atoms with E-state index in [4.69, 9.17) is 0 Å². The van der Waals surface area contributed by atoms with E-state index >= 15 is 0 Å². The molecule has 1 heterocycles. The highest BCUT2D eigenvalue weighted by molar-refractivity contribution is 8.11. The van der Waals surface area contributed by atoms with Crippen molar-refractivity contribution in [2.24, 2.45) is 0 Å². The van der Waals surface area contributed by atoms with Crippen molar-refractivity contribution < 1.29 is 0 Å². The molecule has 2 aromatic carbocycles. The standard InChI is InChI=1S/C18H15NS2/c19-13-17-18(21-12-4-11-20-17)16-9-7-15(8-10-16)14-5-2-1-3-6-14/h1-3,5-10H,4,11-12H2. The Morgan fingerprint density at radius 2 is 1.38 bits per heavy atom. The Kier molecular flexibility index (Phi) is 4.69. The lowest BCUT2D eigenvalue weighted by atomic mass is 10.0. The van der Waals surface area contributed by atoms with Crippen molar-refractivity contribution >= 4 is 28.4 Å². The van der Waals surface area contributed by atoms with Crippen molar-refractivity contribution in [3.05, 3.63) is 65.1 Å². The SMILES string of the molecule is N#CC1=C(c2ccc(-c3ccccc3)cc2)SCCCS1. The van der Waals surface area contributed by atoms with Crippen LogP contribution in [0.3, 0.4) is 0 Å². The molecule has 0 N–H and O–H groups in total. The zero-order chi connectivity index (χ0) is 14.5. The highest BCUT2D eigenvalue weighted by Crippen LogP contribution is 2.39. The summed E-state index contributed by atoms with van der Waals surface area (Å²) in [5.41, 5.74) is 3.59. The van der Waals surface area contributed by atoms with Crippen LogP contribution in [0, 0.1) is 11.3 Å². The summed E-state index contributed by atoms with van der Waals surface area (Å²) in [7, 11) is 0. The number of hydrogen-bond acceptors (Lipinski definition) is 3. The second-order valence-electron chi connectivity index (χ2n) is 4.76. The van der Waals surface area contributed by atoms with Crippen LogP contribution in [0.5, 0.6) is 0 Å². The Labute approximate surface area is 134 Å². The van der Waals surface area contributed by atoms with Crippen molar-refractivity contribution in [1.29, 1.82) is 5.26 Å². The molecule has 0 radical (unpaired) electrons. The first-order valence-corrected chi connectivity index (χ1v) is 8.91. The smallest absolute Gasteiger partial charge is 0.107 e. The number of thioether (sulfide) groups is 2. The Morgan fingerprint density at radius 1 is 0.762 bits per heavy atom. The quantitative estimate of drug-likeness (QED) is 0.740. The van der Waals surface area contributed by atoms with Gasteiger partial charge in [0.15, 0.2) is 0 Å². The molecule has 1 aliphatic rings. The van der Waals surface area contributed by atoms with Gasteiger partial charge in [-0.25, -0.2) is 0 Å². The fourth-order valence-corrected chi connectivity index (χ4v) is 4.60. The molecule has 0 unspecified atom stereocenters. The highest BCUT2D eigenvalue weighted by Gasteiger charge is 2.14. The average molecular weight is 309 g/mol. The van der Waals surface area contributed by atoms with E-state index in [9.17, 15) is 5.26 Å². The number of allylic oxidation sites excluding steroid dienone is 1. The first-order chi connectivity index (χ1) is 10.4. The lowest BCUT2D eigenvalue weighted by Crippen LogP contribution is -1.85. The van der Waals surface area contributed by atoms with Gasteiger partial charge < -0.3 is 0 Å². The topological polar surface area (TPSA) is 23.8 Å². The van der Waals surface area contributed by atoms with Gasteiger partial charge in [-0.05, 0) is 34.6 Å². The normalized spacial score (nSPS) is 15.4. The van der Waals surface area contributed by atoms with E-state index in [-0.39, 0.29) is 0 Å². The number of nitrogens with zero attached hydrogens (tertiary/aromatic N) is 1. The second-order valence-corrected chi connectivity index (χ2v) is 6.97. The summed E-state index contributed by atoms with van der Waals surface area (Å²) < 4.78 is 0. The molecule has 0 fully saturated rings. The fraction of sp³-hybridized carbons (Fsp3) is 0.167. The van der Waals surface area contributed by atoms with Gasteiger partial charge in [-0.15, -0.1) is 23.5 Å². The molecule has 0 saturated heterocycles. The third-order valence-corrected chi connectivity index (χ3v) is 5.77. The number of benzene rings is 2. The molecule has 2 aromatic rings. The molecule has 104 valence electrons. The van der Waals surface area contributed by atoms with E-state index in [1.54, 1.807) is 11.8 Å². The van der Waals surface area contributed by atoms with Crippen molar-refractivity contribution in [3.8, 4) is 17.2 Å². The molecular formula is C18H15NS2. The Bertz CT molecular complexity index is 681. The van der Waals surface area contributed by atoms with Gasteiger partial charge in [0.05, 0.1) is 4.91 Å². The van der Waals surface area contributed by atoms with E-state index in [0.29, 0.717) is 0 Å². The molecule has 0 aromatic heterocycles. The minimum atomic E-state index is 0.866. The maximum absolute atomic E-state index is 9.34. The van der Waals surface area contributed by atoms with E-state index in [0.717, 1.165) is 33.3 Å². The van der Waals surface area contributed by atoms with Gasteiger partial charge >= 0.3 is 0 Å². The molecule has 3 rings (SSSR count). The van der Waals surface area contributed by atoms with E-state index in [2.05, 4.69) is 54.6 Å². The largest absolute Gasteiger partial charge is 0.192 e. The Morgan fingerprint density at radius 3 is 2.10 bits per heavy atom. The van der Waals surface area contributed by atoms with Crippen molar-refractivity contribution in [2.75, 3.05) is 11.5 Å². The summed E-state index contributed by atoms with van der Waals surface area (Å²) in [6, 6.07) is 21.3.